The monoisotopic (exact) mass is 406 g/mol. The zero-order valence-corrected chi connectivity index (χ0v) is 17.0. The summed E-state index contributed by atoms with van der Waals surface area (Å²) in [6, 6.07) is 19.8. The summed E-state index contributed by atoms with van der Waals surface area (Å²) in [7, 11) is 0. The number of benzene rings is 2. The predicted octanol–water partition coefficient (Wildman–Crippen LogP) is 4.68. The Morgan fingerprint density at radius 3 is 2.61 bits per heavy atom. The molecule has 0 saturated carbocycles. The molecule has 0 radical (unpaired) electrons. The van der Waals surface area contributed by atoms with E-state index in [1.54, 1.807) is 6.92 Å². The normalized spacial score (nSPS) is 10.8. The third kappa shape index (κ3) is 3.67. The molecule has 0 fully saturated rings. The van der Waals surface area contributed by atoms with Gasteiger partial charge in [-0.25, -0.2) is 9.66 Å². The van der Waals surface area contributed by atoms with Gasteiger partial charge in [-0.05, 0) is 55.4 Å². The highest BCUT2D eigenvalue weighted by Gasteiger charge is 2.14. The molecule has 0 spiro atoms. The third-order valence-electron chi connectivity index (χ3n) is 4.26. The quantitative estimate of drug-likeness (QED) is 0.484. The molecule has 0 aliphatic carbocycles. The Labute approximate surface area is 171 Å². The Hall–Kier alpha value is -3.03. The van der Waals surface area contributed by atoms with Crippen LogP contribution in [0.25, 0.3) is 20.7 Å². The minimum absolute atomic E-state index is 0.164. The van der Waals surface area contributed by atoms with E-state index in [1.807, 2.05) is 67.6 Å². The number of rotatable bonds is 3. The van der Waals surface area contributed by atoms with Gasteiger partial charge < -0.3 is 5.32 Å². The van der Waals surface area contributed by atoms with Gasteiger partial charge in [0, 0.05) is 10.6 Å². The molecule has 140 valence electrons. The Morgan fingerprint density at radius 2 is 1.86 bits per heavy atom. The number of fused-ring (bicyclic) bond motifs is 1. The SMILES string of the molecule is Cc1cccc(NC(=S)Nn2c(C)nc3cc(-c4ccccc4)sc3c2=O)c1. The molecule has 0 aliphatic heterocycles. The summed E-state index contributed by atoms with van der Waals surface area (Å²) in [4.78, 5) is 18.6. The van der Waals surface area contributed by atoms with Crippen LogP contribution in [0, 0.1) is 13.8 Å². The lowest BCUT2D eigenvalue weighted by Gasteiger charge is -2.14. The van der Waals surface area contributed by atoms with Crippen molar-refractivity contribution in [1.29, 1.82) is 0 Å². The smallest absolute Gasteiger partial charge is 0.290 e. The fourth-order valence-corrected chi connectivity index (χ4v) is 4.19. The zero-order chi connectivity index (χ0) is 19.7. The standard InChI is InChI=1S/C21H18N4OS2/c1-13-7-6-10-16(11-13)23-21(27)24-25-14(2)22-17-12-18(28-19(17)20(25)26)15-8-4-3-5-9-15/h3-12H,1-2H3,(H2,23,24,27). The molecule has 0 saturated heterocycles. The number of aromatic nitrogens is 2. The second-order valence-electron chi connectivity index (χ2n) is 6.43. The van der Waals surface area contributed by atoms with Crippen LogP contribution in [0.5, 0.6) is 0 Å². The van der Waals surface area contributed by atoms with Gasteiger partial charge in [-0.3, -0.25) is 10.2 Å². The highest BCUT2D eigenvalue weighted by molar-refractivity contribution is 7.80. The van der Waals surface area contributed by atoms with Crippen molar-refractivity contribution >= 4 is 44.6 Å². The molecule has 0 unspecified atom stereocenters. The summed E-state index contributed by atoms with van der Waals surface area (Å²) >= 11 is 6.81. The van der Waals surface area contributed by atoms with E-state index in [9.17, 15) is 4.79 Å². The summed E-state index contributed by atoms with van der Waals surface area (Å²) in [5, 5.41) is 3.43. The zero-order valence-electron chi connectivity index (χ0n) is 15.4. The van der Waals surface area contributed by atoms with Gasteiger partial charge in [-0.1, -0.05) is 42.5 Å². The molecule has 0 bridgehead atoms. The van der Waals surface area contributed by atoms with E-state index in [-0.39, 0.29) is 5.56 Å². The number of thiophene rings is 1. The maximum Gasteiger partial charge on any atom is 0.290 e. The molecule has 7 heteroatoms. The van der Waals surface area contributed by atoms with E-state index in [2.05, 4.69) is 15.7 Å². The van der Waals surface area contributed by atoms with E-state index in [4.69, 9.17) is 12.2 Å². The lowest BCUT2D eigenvalue weighted by atomic mass is 10.2. The first-order valence-corrected chi connectivity index (χ1v) is 9.97. The number of nitrogens with one attached hydrogen (secondary N) is 2. The summed E-state index contributed by atoms with van der Waals surface area (Å²) in [6.45, 7) is 3.79. The fourth-order valence-electron chi connectivity index (χ4n) is 2.95. The Bertz CT molecular complexity index is 1230. The summed E-state index contributed by atoms with van der Waals surface area (Å²) in [5.74, 6) is 0.545. The van der Waals surface area contributed by atoms with Crippen LogP contribution < -0.4 is 16.3 Å². The molecule has 4 rings (SSSR count). The van der Waals surface area contributed by atoms with Gasteiger partial charge in [0.25, 0.3) is 5.56 Å². The Morgan fingerprint density at radius 1 is 1.07 bits per heavy atom. The van der Waals surface area contributed by atoms with Crippen LogP contribution in [0.2, 0.25) is 0 Å². The van der Waals surface area contributed by atoms with Gasteiger partial charge in [0.05, 0.1) is 5.52 Å². The lowest BCUT2D eigenvalue weighted by Crippen LogP contribution is -2.37. The molecule has 5 nitrogen and oxygen atoms in total. The minimum Gasteiger partial charge on any atom is -0.331 e. The van der Waals surface area contributed by atoms with Gasteiger partial charge in [0.15, 0.2) is 5.11 Å². The fraction of sp³-hybridized carbons (Fsp3) is 0.0952. The highest BCUT2D eigenvalue weighted by Crippen LogP contribution is 2.30. The third-order valence-corrected chi connectivity index (χ3v) is 5.62. The predicted molar refractivity (Wildman–Crippen MR) is 121 cm³/mol. The van der Waals surface area contributed by atoms with E-state index in [1.165, 1.54) is 16.0 Å². The summed E-state index contributed by atoms with van der Waals surface area (Å²) < 4.78 is 1.98. The van der Waals surface area contributed by atoms with E-state index in [0.29, 0.717) is 21.2 Å². The van der Waals surface area contributed by atoms with Crippen molar-refractivity contribution in [3.8, 4) is 10.4 Å². The van der Waals surface area contributed by atoms with Crippen molar-refractivity contribution in [2.45, 2.75) is 13.8 Å². The summed E-state index contributed by atoms with van der Waals surface area (Å²) in [5.41, 5.74) is 6.54. The van der Waals surface area contributed by atoms with Crippen LogP contribution in [0.4, 0.5) is 5.69 Å². The van der Waals surface area contributed by atoms with E-state index < -0.39 is 0 Å². The molecule has 2 N–H and O–H groups in total. The Balaban J connectivity index is 1.65. The molecular formula is C21H18N4OS2. The number of anilines is 1. The largest absolute Gasteiger partial charge is 0.331 e. The molecule has 2 aromatic heterocycles. The van der Waals surface area contributed by atoms with Crippen molar-refractivity contribution < 1.29 is 0 Å². The second kappa shape index (κ2) is 7.53. The maximum absolute atomic E-state index is 13.0. The van der Waals surface area contributed by atoms with E-state index in [0.717, 1.165) is 21.7 Å². The second-order valence-corrected chi connectivity index (χ2v) is 7.89. The minimum atomic E-state index is -0.164. The first-order valence-electron chi connectivity index (χ1n) is 8.74. The van der Waals surface area contributed by atoms with Gasteiger partial charge in [0.2, 0.25) is 0 Å². The van der Waals surface area contributed by atoms with Crippen LogP contribution in [0.3, 0.4) is 0 Å². The van der Waals surface area contributed by atoms with Crippen molar-refractivity contribution in [3.63, 3.8) is 0 Å². The number of thiocarbonyl (C=S) groups is 1. The average Bonchev–Trinajstić information content (AvgIpc) is 3.10. The van der Waals surface area contributed by atoms with Gasteiger partial charge >= 0.3 is 0 Å². The van der Waals surface area contributed by atoms with Gasteiger partial charge in [-0.2, -0.15) is 0 Å². The highest BCUT2D eigenvalue weighted by atomic mass is 32.1. The first kappa shape index (κ1) is 18.3. The van der Waals surface area contributed by atoms with Crippen LogP contribution in [-0.4, -0.2) is 14.8 Å². The van der Waals surface area contributed by atoms with Gasteiger partial charge in [0.1, 0.15) is 10.5 Å². The number of hydrogen-bond acceptors (Lipinski definition) is 4. The molecule has 2 heterocycles. The van der Waals surface area contributed by atoms with Crippen LogP contribution in [-0.2, 0) is 0 Å². The van der Waals surface area contributed by atoms with Crippen molar-refractivity contribution in [1.82, 2.24) is 9.66 Å². The van der Waals surface area contributed by atoms with Crippen LogP contribution in [0.1, 0.15) is 11.4 Å². The molecule has 0 atom stereocenters. The van der Waals surface area contributed by atoms with Crippen LogP contribution >= 0.6 is 23.6 Å². The number of nitrogens with zero attached hydrogens (tertiary/aromatic N) is 2. The topological polar surface area (TPSA) is 58.9 Å². The van der Waals surface area contributed by atoms with Crippen LogP contribution in [0.15, 0.2) is 65.5 Å². The molecular weight excluding hydrogens is 388 g/mol. The molecule has 0 aliphatic rings. The lowest BCUT2D eigenvalue weighted by molar-refractivity contribution is 0.841. The molecule has 0 amide bonds. The average molecular weight is 407 g/mol. The summed E-state index contributed by atoms with van der Waals surface area (Å²) in [6.07, 6.45) is 0. The number of aryl methyl sites for hydroxylation is 2. The molecule has 4 aromatic rings. The number of hydrogen-bond donors (Lipinski definition) is 2. The molecule has 28 heavy (non-hydrogen) atoms. The van der Waals surface area contributed by atoms with Gasteiger partial charge in [-0.15, -0.1) is 11.3 Å². The van der Waals surface area contributed by atoms with Crippen molar-refractivity contribution in [3.05, 3.63) is 82.4 Å². The van der Waals surface area contributed by atoms with Crippen molar-refractivity contribution in [2.75, 3.05) is 10.7 Å². The molecule has 2 aromatic carbocycles. The Kier molecular flexibility index (Phi) is 4.93. The maximum atomic E-state index is 13.0. The van der Waals surface area contributed by atoms with Crippen molar-refractivity contribution in [2.24, 2.45) is 0 Å². The first-order chi connectivity index (χ1) is 13.5. The van der Waals surface area contributed by atoms with E-state index >= 15 is 0 Å².